The number of amides is 1. The summed E-state index contributed by atoms with van der Waals surface area (Å²) >= 11 is 0. The zero-order valence-corrected chi connectivity index (χ0v) is 16.0. The molecule has 2 aromatic carbocycles. The predicted molar refractivity (Wildman–Crippen MR) is 109 cm³/mol. The van der Waals surface area contributed by atoms with Crippen LogP contribution >= 0.6 is 0 Å². The maximum atomic E-state index is 13.0. The van der Waals surface area contributed by atoms with Crippen LogP contribution in [-0.2, 0) is 0 Å². The molecule has 0 aliphatic carbocycles. The van der Waals surface area contributed by atoms with Crippen LogP contribution in [0.2, 0.25) is 0 Å². The number of aromatic nitrogens is 5. The number of carbonyl (C=O) groups excluding carboxylic acids is 1. The molecule has 0 saturated carbocycles. The molecule has 4 rings (SSSR count). The van der Waals surface area contributed by atoms with E-state index in [1.54, 1.807) is 30.3 Å². The molecule has 0 aliphatic heterocycles. The zero-order valence-electron chi connectivity index (χ0n) is 16.0. The minimum absolute atomic E-state index is 0.0272. The number of hydrogen-bond acceptors (Lipinski definition) is 11. The molecule has 4 aromatic rings. The van der Waals surface area contributed by atoms with Crippen LogP contribution in [0.4, 0.5) is 11.5 Å². The fourth-order valence-corrected chi connectivity index (χ4v) is 2.73. The van der Waals surface area contributed by atoms with E-state index < -0.39 is 10.8 Å². The van der Waals surface area contributed by atoms with E-state index in [9.17, 15) is 20.0 Å². The van der Waals surface area contributed by atoms with Gasteiger partial charge in [-0.1, -0.05) is 35.5 Å². The van der Waals surface area contributed by atoms with Gasteiger partial charge in [-0.2, -0.15) is 9.78 Å². The minimum Gasteiger partial charge on any atom is -0.507 e. The molecule has 0 bridgehead atoms. The van der Waals surface area contributed by atoms with E-state index in [1.165, 1.54) is 0 Å². The van der Waals surface area contributed by atoms with Crippen LogP contribution < -0.4 is 11.2 Å². The van der Waals surface area contributed by atoms with Gasteiger partial charge >= 0.3 is 0 Å². The number of aromatic hydroxyl groups is 1. The highest BCUT2D eigenvalue weighted by atomic mass is 16.6. The van der Waals surface area contributed by atoms with Crippen molar-refractivity contribution >= 4 is 23.6 Å². The number of nitrogens with zero attached hydrogens (tertiary/aromatic N) is 7. The van der Waals surface area contributed by atoms with Crippen LogP contribution in [0.5, 0.6) is 5.75 Å². The zero-order chi connectivity index (χ0) is 22.7. The summed E-state index contributed by atoms with van der Waals surface area (Å²) in [6, 6.07) is 12.1. The quantitative estimate of drug-likeness (QED) is 0.225. The van der Waals surface area contributed by atoms with Crippen LogP contribution in [0.3, 0.4) is 0 Å². The van der Waals surface area contributed by atoms with Gasteiger partial charge in [0.25, 0.3) is 11.6 Å². The van der Waals surface area contributed by atoms with Crippen molar-refractivity contribution in [2.75, 3.05) is 5.73 Å². The summed E-state index contributed by atoms with van der Waals surface area (Å²) in [5, 5.41) is 39.6. The number of non-ortho nitro benzene ring substituents is 1. The first-order chi connectivity index (χ1) is 15.5. The fraction of sp³-hybridized carbons (Fsp3) is 0. The third-order valence-electron chi connectivity index (χ3n) is 4.22. The monoisotopic (exact) mass is 435 g/mol. The van der Waals surface area contributed by atoms with Crippen LogP contribution in [0.25, 0.3) is 17.1 Å². The Balaban J connectivity index is 1.68. The lowest BCUT2D eigenvalue weighted by Crippen LogP contribution is -2.22. The molecule has 0 radical (unpaired) electrons. The summed E-state index contributed by atoms with van der Waals surface area (Å²) in [5.41, 5.74) is 8.49. The smallest absolute Gasteiger partial charge is 0.292 e. The van der Waals surface area contributed by atoms with E-state index in [1.807, 2.05) is 0 Å². The van der Waals surface area contributed by atoms with Gasteiger partial charge < -0.3 is 10.8 Å². The summed E-state index contributed by atoms with van der Waals surface area (Å²) in [4.78, 5) is 23.3. The van der Waals surface area contributed by atoms with E-state index >= 15 is 0 Å². The molecule has 1 amide bonds. The number of phenols is 1. The summed E-state index contributed by atoms with van der Waals surface area (Å²) in [5.74, 6) is -1.18. The van der Waals surface area contributed by atoms with E-state index in [0.29, 0.717) is 5.56 Å². The molecular formula is C18H13N9O5. The second-order valence-electron chi connectivity index (χ2n) is 6.24. The van der Waals surface area contributed by atoms with Crippen molar-refractivity contribution < 1.29 is 19.5 Å². The van der Waals surface area contributed by atoms with Crippen molar-refractivity contribution in [1.29, 1.82) is 0 Å². The van der Waals surface area contributed by atoms with Crippen molar-refractivity contribution in [3.8, 4) is 22.8 Å². The van der Waals surface area contributed by atoms with Crippen molar-refractivity contribution in [2.24, 2.45) is 5.10 Å². The number of hydrazone groups is 1. The molecule has 0 aliphatic rings. The lowest BCUT2D eigenvalue weighted by Gasteiger charge is -2.05. The Morgan fingerprint density at radius 2 is 2.03 bits per heavy atom. The van der Waals surface area contributed by atoms with Crippen LogP contribution in [-0.4, -0.2) is 47.5 Å². The summed E-state index contributed by atoms with van der Waals surface area (Å²) < 4.78 is 5.62. The lowest BCUT2D eigenvalue weighted by molar-refractivity contribution is -0.384. The first-order valence-corrected chi connectivity index (χ1v) is 8.86. The molecule has 14 heteroatoms. The van der Waals surface area contributed by atoms with E-state index in [0.717, 1.165) is 29.1 Å². The lowest BCUT2D eigenvalue weighted by atomic mass is 10.1. The van der Waals surface area contributed by atoms with Crippen LogP contribution in [0.15, 0.2) is 58.3 Å². The maximum absolute atomic E-state index is 13.0. The van der Waals surface area contributed by atoms with E-state index in [-0.39, 0.29) is 40.0 Å². The number of phenolic OH excluding ortho intramolecular Hbond substituents is 1. The summed E-state index contributed by atoms with van der Waals surface area (Å²) in [7, 11) is 0. The fourth-order valence-electron chi connectivity index (χ4n) is 2.73. The highest BCUT2D eigenvalue weighted by Crippen LogP contribution is 2.24. The molecule has 32 heavy (non-hydrogen) atoms. The predicted octanol–water partition coefficient (Wildman–Crippen LogP) is 1.28. The van der Waals surface area contributed by atoms with Crippen molar-refractivity contribution in [1.82, 2.24) is 30.7 Å². The standard InChI is InChI=1S/C18H13N9O5/c19-16-17(24-32-23-16)26-15(14(21-25-26)10-4-2-1-3-5-10)18(29)22-20-9-11-8-12(27(30)31)6-7-13(11)28/h1-9,28H,(H2,19,23)(H,22,29). The maximum Gasteiger partial charge on any atom is 0.292 e. The molecule has 0 spiro atoms. The highest BCUT2D eigenvalue weighted by Gasteiger charge is 2.25. The van der Waals surface area contributed by atoms with Gasteiger partial charge in [0.1, 0.15) is 11.4 Å². The summed E-state index contributed by atoms with van der Waals surface area (Å²) in [6.45, 7) is 0. The number of nitro benzene ring substituents is 1. The number of nitrogens with two attached hydrogens (primary N) is 1. The van der Waals surface area contributed by atoms with Gasteiger partial charge in [0.05, 0.1) is 11.1 Å². The Morgan fingerprint density at radius 3 is 2.72 bits per heavy atom. The van der Waals surface area contributed by atoms with Crippen molar-refractivity contribution in [3.05, 3.63) is 69.9 Å². The first kappa shape index (κ1) is 20.1. The Kier molecular flexibility index (Phi) is 5.23. The topological polar surface area (TPSA) is 200 Å². The Hall–Kier alpha value is -5.14. The molecule has 4 N–H and O–H groups in total. The van der Waals surface area contributed by atoms with Crippen molar-refractivity contribution in [2.45, 2.75) is 0 Å². The Morgan fingerprint density at radius 1 is 1.25 bits per heavy atom. The number of hydrogen-bond donors (Lipinski definition) is 3. The average molecular weight is 435 g/mol. The largest absolute Gasteiger partial charge is 0.507 e. The molecular weight excluding hydrogens is 422 g/mol. The van der Waals surface area contributed by atoms with Gasteiger partial charge in [0.15, 0.2) is 5.69 Å². The molecule has 0 atom stereocenters. The molecule has 2 aromatic heterocycles. The Bertz CT molecular complexity index is 1330. The molecule has 0 unspecified atom stereocenters. The number of nitrogens with one attached hydrogen (secondary N) is 1. The van der Waals surface area contributed by atoms with Crippen LogP contribution in [0, 0.1) is 10.1 Å². The van der Waals surface area contributed by atoms with E-state index in [4.69, 9.17) is 5.73 Å². The number of rotatable bonds is 6. The number of nitrogen functional groups attached to an aromatic ring is 1. The minimum atomic E-state index is -0.752. The molecule has 2 heterocycles. The van der Waals surface area contributed by atoms with Gasteiger partial charge in [-0.05, 0) is 16.4 Å². The third-order valence-corrected chi connectivity index (χ3v) is 4.22. The molecule has 0 fully saturated rings. The van der Waals surface area contributed by atoms with Gasteiger partial charge in [0.2, 0.25) is 11.6 Å². The number of carbonyl (C=O) groups is 1. The van der Waals surface area contributed by atoms with Crippen molar-refractivity contribution in [3.63, 3.8) is 0 Å². The SMILES string of the molecule is Nc1nonc1-n1nnc(-c2ccccc2)c1C(=O)NN=Cc1cc([N+](=O)[O-])ccc1O. The normalized spacial score (nSPS) is 11.0. The van der Waals surface area contributed by atoms with Crippen LogP contribution in [0.1, 0.15) is 16.1 Å². The first-order valence-electron chi connectivity index (χ1n) is 8.86. The van der Waals surface area contributed by atoms with Gasteiger partial charge in [-0.25, -0.2) is 10.1 Å². The molecule has 14 nitrogen and oxygen atoms in total. The molecule has 0 saturated heterocycles. The molecule has 160 valence electrons. The Labute approximate surface area is 178 Å². The number of anilines is 1. The third kappa shape index (κ3) is 3.82. The second-order valence-corrected chi connectivity index (χ2v) is 6.24. The van der Waals surface area contributed by atoms with Gasteiger partial charge in [0, 0.05) is 23.3 Å². The number of nitro groups is 1. The van der Waals surface area contributed by atoms with Gasteiger partial charge in [-0.3, -0.25) is 14.9 Å². The average Bonchev–Trinajstić information content (AvgIpc) is 3.41. The highest BCUT2D eigenvalue weighted by molar-refractivity contribution is 5.99. The number of benzene rings is 2. The second kappa shape index (κ2) is 8.31. The van der Waals surface area contributed by atoms with E-state index in [2.05, 4.69) is 35.8 Å². The van der Waals surface area contributed by atoms with Gasteiger partial charge in [-0.15, -0.1) is 5.10 Å². The summed E-state index contributed by atoms with van der Waals surface area (Å²) in [6.07, 6.45) is 1.06.